The lowest BCUT2D eigenvalue weighted by molar-refractivity contribution is -0.127. The molecule has 1 aliphatic carbocycles. The van der Waals surface area contributed by atoms with Crippen molar-refractivity contribution in [2.24, 2.45) is 0 Å². The molecule has 1 aromatic rings. The maximum absolute atomic E-state index is 11.9. The van der Waals surface area contributed by atoms with Gasteiger partial charge in [0, 0.05) is 32.1 Å². The second-order valence-electron chi connectivity index (χ2n) is 5.49. The number of hydrogen-bond donors (Lipinski definition) is 1. The van der Waals surface area contributed by atoms with Crippen molar-refractivity contribution < 1.29 is 4.79 Å². The van der Waals surface area contributed by atoms with Gasteiger partial charge in [0.15, 0.2) is 0 Å². The monoisotopic (exact) mass is 277 g/mol. The van der Waals surface area contributed by atoms with Crippen LogP contribution in [-0.2, 0) is 4.79 Å². The molecule has 2 N–H and O–H groups in total. The molecule has 0 saturated heterocycles. The molecule has 2 rings (SSSR count). The summed E-state index contributed by atoms with van der Waals surface area (Å²) in [6.45, 7) is 4.94. The lowest BCUT2D eigenvalue weighted by atomic mass is 10.2. The van der Waals surface area contributed by atoms with Crippen molar-refractivity contribution in [2.75, 3.05) is 37.8 Å². The zero-order valence-electron chi connectivity index (χ0n) is 12.7. The molecule has 1 fully saturated rings. The van der Waals surface area contributed by atoms with E-state index in [2.05, 4.69) is 9.97 Å². The van der Waals surface area contributed by atoms with E-state index in [1.165, 1.54) is 0 Å². The average molecular weight is 277 g/mol. The summed E-state index contributed by atoms with van der Waals surface area (Å²) >= 11 is 0. The Labute approximate surface area is 120 Å². The second-order valence-corrected chi connectivity index (χ2v) is 5.49. The van der Waals surface area contributed by atoms with Crippen LogP contribution >= 0.6 is 0 Å². The molecule has 0 radical (unpaired) electrons. The molecule has 1 aromatic heterocycles. The van der Waals surface area contributed by atoms with E-state index in [4.69, 9.17) is 5.73 Å². The lowest BCUT2D eigenvalue weighted by Gasteiger charge is -2.25. The van der Waals surface area contributed by atoms with E-state index in [0.717, 1.165) is 30.0 Å². The van der Waals surface area contributed by atoms with Gasteiger partial charge in [0.25, 0.3) is 0 Å². The molecular weight excluding hydrogens is 254 g/mol. The number of anilines is 2. The number of hydrogen-bond acceptors (Lipinski definition) is 5. The van der Waals surface area contributed by atoms with Gasteiger partial charge in [0.05, 0.1) is 6.54 Å². The highest BCUT2D eigenvalue weighted by Gasteiger charge is 2.29. The molecule has 1 saturated carbocycles. The van der Waals surface area contributed by atoms with Crippen LogP contribution in [0.25, 0.3) is 0 Å². The summed E-state index contributed by atoms with van der Waals surface area (Å²) in [7, 11) is 3.51. The lowest BCUT2D eigenvalue weighted by Crippen LogP contribution is -2.37. The number of nitrogens with zero attached hydrogens (tertiary/aromatic N) is 4. The first kappa shape index (κ1) is 14.6. The average Bonchev–Trinajstić information content (AvgIpc) is 3.23. The van der Waals surface area contributed by atoms with Gasteiger partial charge in [0.1, 0.15) is 17.5 Å². The predicted molar refractivity (Wildman–Crippen MR) is 79.7 cm³/mol. The van der Waals surface area contributed by atoms with Crippen LogP contribution in [0.2, 0.25) is 0 Å². The molecule has 6 heteroatoms. The number of carbonyl (C=O) groups excluding carboxylic acids is 1. The van der Waals surface area contributed by atoms with Crippen LogP contribution in [0.15, 0.2) is 0 Å². The normalized spacial score (nSPS) is 14.2. The number of likely N-dealkylation sites (N-methyl/N-ethyl adjacent to an activating group) is 2. The minimum Gasteiger partial charge on any atom is -0.383 e. The highest BCUT2D eigenvalue weighted by atomic mass is 16.2. The van der Waals surface area contributed by atoms with Crippen molar-refractivity contribution >= 4 is 17.5 Å². The van der Waals surface area contributed by atoms with Crippen molar-refractivity contribution in [3.05, 3.63) is 11.4 Å². The summed E-state index contributed by atoms with van der Waals surface area (Å²) in [4.78, 5) is 24.5. The third kappa shape index (κ3) is 3.00. The van der Waals surface area contributed by atoms with Crippen LogP contribution in [0, 0.1) is 6.92 Å². The molecule has 20 heavy (non-hydrogen) atoms. The van der Waals surface area contributed by atoms with Crippen LogP contribution in [0.1, 0.15) is 37.1 Å². The van der Waals surface area contributed by atoms with Crippen molar-refractivity contribution in [1.29, 1.82) is 0 Å². The number of nitrogens with two attached hydrogens (primary N) is 1. The van der Waals surface area contributed by atoms with Crippen LogP contribution in [0.3, 0.4) is 0 Å². The van der Waals surface area contributed by atoms with Gasteiger partial charge in [-0.25, -0.2) is 9.97 Å². The Balaban J connectivity index is 2.30. The van der Waals surface area contributed by atoms with E-state index >= 15 is 0 Å². The van der Waals surface area contributed by atoms with E-state index < -0.39 is 0 Å². The van der Waals surface area contributed by atoms with E-state index in [0.29, 0.717) is 24.8 Å². The smallest absolute Gasteiger partial charge is 0.241 e. The zero-order valence-corrected chi connectivity index (χ0v) is 12.7. The van der Waals surface area contributed by atoms with E-state index in [1.54, 1.807) is 19.0 Å². The molecule has 0 aromatic carbocycles. The summed E-state index contributed by atoms with van der Waals surface area (Å²) in [5.74, 6) is 2.62. The van der Waals surface area contributed by atoms with Gasteiger partial charge in [-0.3, -0.25) is 4.79 Å². The van der Waals surface area contributed by atoms with Gasteiger partial charge in [-0.05, 0) is 26.7 Å². The molecule has 1 heterocycles. The molecule has 6 nitrogen and oxygen atoms in total. The molecule has 0 atom stereocenters. The van der Waals surface area contributed by atoms with Gasteiger partial charge in [-0.15, -0.1) is 0 Å². The number of nitrogen functional groups attached to an aromatic ring is 1. The summed E-state index contributed by atoms with van der Waals surface area (Å²) in [5, 5.41) is 0. The fraction of sp³-hybridized carbons (Fsp3) is 0.643. The number of carbonyl (C=O) groups is 1. The Kier molecular flexibility index (Phi) is 4.11. The zero-order chi connectivity index (χ0) is 14.9. The molecule has 1 aliphatic rings. The first-order valence-corrected chi connectivity index (χ1v) is 7.03. The van der Waals surface area contributed by atoms with Crippen molar-refractivity contribution in [1.82, 2.24) is 14.9 Å². The summed E-state index contributed by atoms with van der Waals surface area (Å²) in [6.07, 6.45) is 2.26. The molecule has 0 spiro atoms. The van der Waals surface area contributed by atoms with Gasteiger partial charge in [-0.1, -0.05) is 0 Å². The maximum atomic E-state index is 11.9. The van der Waals surface area contributed by atoms with Crippen molar-refractivity contribution in [2.45, 2.75) is 32.6 Å². The number of rotatable bonds is 5. The van der Waals surface area contributed by atoms with E-state index in [9.17, 15) is 4.79 Å². The highest BCUT2D eigenvalue weighted by Crippen LogP contribution is 2.39. The van der Waals surface area contributed by atoms with Crippen LogP contribution in [0.4, 0.5) is 11.6 Å². The second kappa shape index (κ2) is 5.64. The van der Waals surface area contributed by atoms with Gasteiger partial charge in [-0.2, -0.15) is 0 Å². The Hall–Kier alpha value is -1.85. The third-order valence-corrected chi connectivity index (χ3v) is 3.62. The summed E-state index contributed by atoms with van der Waals surface area (Å²) in [6, 6.07) is 0. The van der Waals surface area contributed by atoms with Crippen LogP contribution < -0.4 is 10.6 Å². The SMILES string of the molecule is CCN(CC(=O)N(C)C)c1nc(C2CC2)nc(N)c1C. The molecule has 0 bridgehead atoms. The topological polar surface area (TPSA) is 75.4 Å². The van der Waals surface area contributed by atoms with E-state index in [-0.39, 0.29) is 5.91 Å². The van der Waals surface area contributed by atoms with Crippen LogP contribution in [-0.4, -0.2) is 48.0 Å². The Bertz CT molecular complexity index is 511. The van der Waals surface area contributed by atoms with Gasteiger partial charge >= 0.3 is 0 Å². The molecule has 0 unspecified atom stereocenters. The standard InChI is InChI=1S/C14H23N5O/c1-5-19(8-11(20)18(3)4)14-9(2)12(15)16-13(17-14)10-6-7-10/h10H,5-8H2,1-4H3,(H2,15,16,17). The number of aromatic nitrogens is 2. The fourth-order valence-corrected chi connectivity index (χ4v) is 2.01. The quantitative estimate of drug-likeness (QED) is 0.874. The largest absolute Gasteiger partial charge is 0.383 e. The van der Waals surface area contributed by atoms with E-state index in [1.807, 2.05) is 18.7 Å². The van der Waals surface area contributed by atoms with Gasteiger partial charge < -0.3 is 15.5 Å². The molecular formula is C14H23N5O. The molecule has 1 amide bonds. The first-order valence-electron chi connectivity index (χ1n) is 7.03. The van der Waals surface area contributed by atoms with Crippen molar-refractivity contribution in [3.63, 3.8) is 0 Å². The van der Waals surface area contributed by atoms with Crippen LogP contribution in [0.5, 0.6) is 0 Å². The Morgan fingerprint density at radius 3 is 2.50 bits per heavy atom. The minimum atomic E-state index is 0.0522. The Morgan fingerprint density at radius 2 is 2.00 bits per heavy atom. The van der Waals surface area contributed by atoms with Crippen molar-refractivity contribution in [3.8, 4) is 0 Å². The third-order valence-electron chi connectivity index (χ3n) is 3.62. The summed E-state index contributed by atoms with van der Waals surface area (Å²) < 4.78 is 0. The minimum absolute atomic E-state index is 0.0522. The number of amides is 1. The fourth-order valence-electron chi connectivity index (χ4n) is 2.01. The molecule has 0 aliphatic heterocycles. The Morgan fingerprint density at radius 1 is 1.35 bits per heavy atom. The maximum Gasteiger partial charge on any atom is 0.241 e. The summed E-state index contributed by atoms with van der Waals surface area (Å²) in [5.41, 5.74) is 6.85. The first-order chi connectivity index (χ1) is 9.43. The van der Waals surface area contributed by atoms with Gasteiger partial charge in [0.2, 0.25) is 5.91 Å². The predicted octanol–water partition coefficient (Wildman–Crippen LogP) is 1.16. The highest BCUT2D eigenvalue weighted by molar-refractivity contribution is 5.81. The molecule has 110 valence electrons.